The van der Waals surface area contributed by atoms with Crippen LogP contribution in [0.25, 0.3) is 21.7 Å². The molecule has 28 heavy (non-hydrogen) atoms. The van der Waals surface area contributed by atoms with E-state index in [1.807, 2.05) is 0 Å². The molecular weight excluding hydrogens is 375 g/mol. The summed E-state index contributed by atoms with van der Waals surface area (Å²) < 4.78 is 56.7. The smallest absolute Gasteiger partial charge is 0.397 e. The lowest BCUT2D eigenvalue weighted by atomic mass is 9.91. The molecule has 0 aliphatic carbocycles. The highest BCUT2D eigenvalue weighted by atomic mass is 19.4. The molecule has 0 bridgehead atoms. The molecule has 1 aromatic heterocycles. The van der Waals surface area contributed by atoms with Crippen molar-refractivity contribution in [3.8, 4) is 11.5 Å². The Labute approximate surface area is 155 Å². The number of halogens is 3. The van der Waals surface area contributed by atoms with Crippen molar-refractivity contribution in [1.82, 2.24) is 0 Å². The minimum Gasteiger partial charge on any atom is -0.463 e. The third-order valence-electron chi connectivity index (χ3n) is 4.96. The summed E-state index contributed by atoms with van der Waals surface area (Å²) in [5.41, 5.74) is -0.808. The number of ether oxygens (including phenoxy) is 2. The van der Waals surface area contributed by atoms with Gasteiger partial charge in [-0.25, -0.2) is 0 Å². The monoisotopic (exact) mass is 387 g/mol. The van der Waals surface area contributed by atoms with E-state index in [0.717, 1.165) is 6.26 Å². The number of nitrogens with zero attached hydrogens (tertiary/aromatic N) is 1. The molecule has 142 valence electrons. The molecular formula is C20H12F3NO4. The van der Waals surface area contributed by atoms with E-state index in [-0.39, 0.29) is 35.5 Å². The van der Waals surface area contributed by atoms with Crippen LogP contribution in [-0.2, 0) is 0 Å². The topological polar surface area (TPSA) is 61.0 Å². The number of rotatable bonds is 1. The SMILES string of the molecule is O=c1c(C2=NC=CCC2C(F)(F)F)coc2ccc3c4c(ccc3c12)OCO4. The van der Waals surface area contributed by atoms with Gasteiger partial charge in [0, 0.05) is 17.0 Å². The molecule has 2 aromatic carbocycles. The van der Waals surface area contributed by atoms with Gasteiger partial charge >= 0.3 is 6.18 Å². The predicted octanol–water partition coefficient (Wildman–Crippen LogP) is 4.56. The maximum atomic E-state index is 13.4. The molecule has 5 nitrogen and oxygen atoms in total. The predicted molar refractivity (Wildman–Crippen MR) is 96.0 cm³/mol. The van der Waals surface area contributed by atoms with Crippen molar-refractivity contribution in [3.63, 3.8) is 0 Å². The summed E-state index contributed by atoms with van der Waals surface area (Å²) in [4.78, 5) is 17.1. The van der Waals surface area contributed by atoms with E-state index >= 15 is 0 Å². The number of aliphatic imine (C=N–C) groups is 1. The molecule has 2 aliphatic rings. The zero-order valence-corrected chi connectivity index (χ0v) is 14.2. The van der Waals surface area contributed by atoms with Gasteiger partial charge in [-0.05, 0) is 30.7 Å². The quantitative estimate of drug-likeness (QED) is 0.575. The van der Waals surface area contributed by atoms with E-state index in [2.05, 4.69) is 4.99 Å². The number of benzene rings is 2. The first-order valence-electron chi connectivity index (χ1n) is 8.52. The van der Waals surface area contributed by atoms with Crippen LogP contribution in [0, 0.1) is 5.92 Å². The number of hydrogen-bond donors (Lipinski definition) is 0. The van der Waals surface area contributed by atoms with Crippen molar-refractivity contribution in [2.45, 2.75) is 12.6 Å². The molecule has 2 aliphatic heterocycles. The fourth-order valence-corrected chi connectivity index (χ4v) is 3.65. The lowest BCUT2D eigenvalue weighted by molar-refractivity contribution is -0.154. The van der Waals surface area contributed by atoms with Gasteiger partial charge in [0.15, 0.2) is 11.5 Å². The molecule has 3 heterocycles. The first-order valence-corrected chi connectivity index (χ1v) is 8.52. The van der Waals surface area contributed by atoms with E-state index < -0.39 is 17.5 Å². The number of allylic oxidation sites excluding steroid dienone is 1. The standard InChI is InChI=1S/C20H12F3NO4/c21-20(22,23)13-2-1-7-24-17(13)12-8-26-14-5-4-11-10(16(14)18(12)25)3-6-15-19(11)28-9-27-15/h1,3-8,13H,2,9H2. The largest absolute Gasteiger partial charge is 0.463 e. The van der Waals surface area contributed by atoms with Crippen LogP contribution in [0.1, 0.15) is 12.0 Å². The molecule has 0 amide bonds. The van der Waals surface area contributed by atoms with Crippen LogP contribution < -0.4 is 14.9 Å². The van der Waals surface area contributed by atoms with Gasteiger partial charge in [0.25, 0.3) is 0 Å². The third kappa shape index (κ3) is 2.41. The Morgan fingerprint density at radius 1 is 1.07 bits per heavy atom. The molecule has 0 N–H and O–H groups in total. The number of hydrogen-bond acceptors (Lipinski definition) is 5. The first kappa shape index (κ1) is 16.9. The summed E-state index contributed by atoms with van der Waals surface area (Å²) in [5.74, 6) is -0.810. The Morgan fingerprint density at radius 3 is 2.71 bits per heavy atom. The average molecular weight is 387 g/mol. The molecule has 0 spiro atoms. The van der Waals surface area contributed by atoms with E-state index in [0.29, 0.717) is 22.3 Å². The highest BCUT2D eigenvalue weighted by molar-refractivity contribution is 6.11. The molecule has 5 rings (SSSR count). The van der Waals surface area contributed by atoms with Crippen molar-refractivity contribution < 1.29 is 27.1 Å². The second-order valence-corrected chi connectivity index (χ2v) is 6.54. The zero-order chi connectivity index (χ0) is 19.5. The summed E-state index contributed by atoms with van der Waals surface area (Å²) in [6, 6.07) is 6.66. The van der Waals surface area contributed by atoms with Gasteiger partial charge in [0.1, 0.15) is 17.8 Å². The van der Waals surface area contributed by atoms with Crippen molar-refractivity contribution in [3.05, 3.63) is 58.6 Å². The van der Waals surface area contributed by atoms with E-state index in [1.54, 1.807) is 24.3 Å². The lowest BCUT2D eigenvalue weighted by Crippen LogP contribution is -2.34. The molecule has 1 unspecified atom stereocenters. The Balaban J connectivity index is 1.79. The van der Waals surface area contributed by atoms with Crippen molar-refractivity contribution in [1.29, 1.82) is 0 Å². The summed E-state index contributed by atoms with van der Waals surface area (Å²) in [6.07, 6.45) is -1.12. The van der Waals surface area contributed by atoms with Gasteiger partial charge in [0.2, 0.25) is 12.2 Å². The van der Waals surface area contributed by atoms with Crippen LogP contribution in [0.3, 0.4) is 0 Å². The summed E-state index contributed by atoms with van der Waals surface area (Å²) in [7, 11) is 0. The van der Waals surface area contributed by atoms with Crippen LogP contribution in [0.2, 0.25) is 0 Å². The summed E-state index contributed by atoms with van der Waals surface area (Å²) >= 11 is 0. The Kier molecular flexibility index (Phi) is 3.52. The molecule has 0 fully saturated rings. The third-order valence-corrected chi connectivity index (χ3v) is 4.96. The Morgan fingerprint density at radius 2 is 1.89 bits per heavy atom. The van der Waals surface area contributed by atoms with E-state index in [1.165, 1.54) is 12.3 Å². The van der Waals surface area contributed by atoms with Crippen LogP contribution in [0.5, 0.6) is 11.5 Å². The molecule has 0 saturated heterocycles. The van der Waals surface area contributed by atoms with Gasteiger partial charge in [-0.3, -0.25) is 9.79 Å². The van der Waals surface area contributed by atoms with Crippen molar-refractivity contribution in [2.75, 3.05) is 6.79 Å². The zero-order valence-electron chi connectivity index (χ0n) is 14.2. The average Bonchev–Trinajstić information content (AvgIpc) is 3.16. The van der Waals surface area contributed by atoms with Gasteiger partial charge in [-0.15, -0.1) is 0 Å². The van der Waals surface area contributed by atoms with Gasteiger partial charge in [-0.1, -0.05) is 6.08 Å². The van der Waals surface area contributed by atoms with Crippen molar-refractivity contribution >= 4 is 27.5 Å². The maximum absolute atomic E-state index is 13.4. The number of fused-ring (bicyclic) bond motifs is 5. The maximum Gasteiger partial charge on any atom is 0.397 e. The second-order valence-electron chi connectivity index (χ2n) is 6.54. The van der Waals surface area contributed by atoms with Gasteiger partial charge < -0.3 is 13.9 Å². The fourth-order valence-electron chi connectivity index (χ4n) is 3.65. The molecule has 0 saturated carbocycles. The fraction of sp³-hybridized carbons (Fsp3) is 0.200. The van der Waals surface area contributed by atoms with Gasteiger partial charge in [-0.2, -0.15) is 13.2 Å². The second kappa shape index (κ2) is 5.85. The van der Waals surface area contributed by atoms with Crippen LogP contribution >= 0.6 is 0 Å². The van der Waals surface area contributed by atoms with Crippen LogP contribution in [0.4, 0.5) is 13.2 Å². The van der Waals surface area contributed by atoms with Gasteiger partial charge in [0.05, 0.1) is 16.7 Å². The van der Waals surface area contributed by atoms with E-state index in [9.17, 15) is 18.0 Å². The Bertz CT molecular complexity index is 1240. The molecule has 1 atom stereocenters. The van der Waals surface area contributed by atoms with Crippen LogP contribution in [0.15, 0.2) is 57.0 Å². The Hall–Kier alpha value is -3.29. The molecule has 3 aromatic rings. The first-order chi connectivity index (χ1) is 13.4. The lowest BCUT2D eigenvalue weighted by Gasteiger charge is -2.22. The highest BCUT2D eigenvalue weighted by Crippen LogP contribution is 2.41. The van der Waals surface area contributed by atoms with Crippen molar-refractivity contribution in [2.24, 2.45) is 10.9 Å². The minimum absolute atomic E-state index is 0.0670. The highest BCUT2D eigenvalue weighted by Gasteiger charge is 2.44. The van der Waals surface area contributed by atoms with E-state index in [4.69, 9.17) is 13.9 Å². The minimum atomic E-state index is -4.52. The van der Waals surface area contributed by atoms with Crippen LogP contribution in [-0.4, -0.2) is 18.7 Å². The normalized spacial score (nSPS) is 18.7. The number of alkyl halides is 3. The summed E-state index contributed by atoms with van der Waals surface area (Å²) in [5, 5.41) is 1.34. The summed E-state index contributed by atoms with van der Waals surface area (Å²) in [6.45, 7) is 0.0670. The molecule has 8 heteroatoms. The molecule has 0 radical (unpaired) electrons.